The van der Waals surface area contributed by atoms with Crippen LogP contribution in [0, 0.1) is 55.4 Å². The fourth-order valence-corrected chi connectivity index (χ4v) is 33.7. The van der Waals surface area contributed by atoms with Crippen molar-refractivity contribution in [1.82, 2.24) is 0 Å². The van der Waals surface area contributed by atoms with Crippen LogP contribution in [0.25, 0.3) is 0 Å². The molecule has 0 unspecified atom stereocenters. The highest BCUT2D eigenvalue weighted by atomic mass is 28.3. The van der Waals surface area contributed by atoms with Crippen molar-refractivity contribution < 1.29 is 25.5 Å². The van der Waals surface area contributed by atoms with Gasteiger partial charge < -0.3 is 25.5 Å². The average Bonchev–Trinajstić information content (AvgIpc) is 0.722. The average molecular weight is 1760 g/mol. The van der Waals surface area contributed by atoms with Gasteiger partial charge in [0.2, 0.25) is 0 Å². The summed E-state index contributed by atoms with van der Waals surface area (Å²) < 4.78 is 0. The van der Waals surface area contributed by atoms with E-state index in [4.69, 9.17) is 0 Å². The molecule has 0 aliphatic rings. The first-order valence-corrected chi connectivity index (χ1v) is 55.7. The molecule has 0 heterocycles. The Balaban J connectivity index is 0.000000329. The molecule has 0 fully saturated rings. The van der Waals surface area contributed by atoms with Crippen molar-refractivity contribution in [1.29, 1.82) is 0 Å². The Kier molecular flexibility index (Phi) is 37.2. The summed E-state index contributed by atoms with van der Waals surface area (Å²) in [6.07, 6.45) is 5.41. The first-order valence-electron chi connectivity index (χ1n) is 46.2. The van der Waals surface area contributed by atoms with Crippen molar-refractivity contribution in [3.63, 3.8) is 0 Å². The number of benzene rings is 8. The molecule has 8 aromatic rings. The number of phenols is 5. The fourth-order valence-electron chi connectivity index (χ4n) is 18.7. The van der Waals surface area contributed by atoms with Gasteiger partial charge in [-0.1, -0.05) is 409 Å². The molecule has 0 aromatic heterocycles. The van der Waals surface area contributed by atoms with Crippen LogP contribution in [0.4, 0.5) is 0 Å². The van der Waals surface area contributed by atoms with Gasteiger partial charge in [0.05, 0.1) is 36.6 Å². The molecule has 0 spiro atoms. The largest absolute Gasteiger partial charge is 0.507 e. The Morgan fingerprint density at radius 1 is 0.244 bits per heavy atom. The highest BCUT2D eigenvalue weighted by molar-refractivity contribution is 6.87. The van der Waals surface area contributed by atoms with Gasteiger partial charge in [0.15, 0.2) is 0 Å². The Morgan fingerprint density at radius 3 is 0.724 bits per heavy atom. The van der Waals surface area contributed by atoms with Crippen LogP contribution in [0.15, 0.2) is 115 Å². The van der Waals surface area contributed by atoms with Crippen molar-refractivity contribution in [2.24, 2.45) is 0 Å². The number of phenolic OH excluding ortho intramolecular Hbond substituents is 5. The first kappa shape index (κ1) is 109. The van der Waals surface area contributed by atoms with Crippen molar-refractivity contribution in [3.8, 4) is 28.7 Å². The van der Waals surface area contributed by atoms with Crippen LogP contribution < -0.4 is 15.6 Å². The second kappa shape index (κ2) is 42.0. The van der Waals surface area contributed by atoms with Crippen molar-refractivity contribution >= 4 is 60.3 Å². The van der Waals surface area contributed by atoms with E-state index in [-0.39, 0.29) is 43.3 Å². The molecular weight excluding hydrogens is 1580 g/mol. The summed E-state index contributed by atoms with van der Waals surface area (Å²) in [7, 11) is -0.277. The zero-order chi connectivity index (χ0) is 94.9. The predicted octanol–water partition coefficient (Wildman–Crippen LogP) is 30.1. The molecular formula is C113H176O5Si5. The van der Waals surface area contributed by atoms with Crippen LogP contribution in [0.3, 0.4) is 0 Å². The van der Waals surface area contributed by atoms with Crippen molar-refractivity contribution in [2.75, 3.05) is 0 Å². The zero-order valence-electron chi connectivity index (χ0n) is 86.8. The van der Waals surface area contributed by atoms with Gasteiger partial charge in [-0.3, -0.25) is 0 Å². The molecule has 8 rings (SSSR count). The van der Waals surface area contributed by atoms with Crippen LogP contribution in [0.5, 0.6) is 28.7 Å². The predicted molar refractivity (Wildman–Crippen MR) is 554 cm³/mol. The highest BCUT2D eigenvalue weighted by Crippen LogP contribution is 2.64. The summed E-state index contributed by atoms with van der Waals surface area (Å²) in [5.41, 5.74) is 25.6. The van der Waals surface area contributed by atoms with E-state index in [1.54, 1.807) is 0 Å². The maximum Gasteiger partial charge on any atom is 0.123 e. The Hall–Kier alpha value is -6.16. The minimum atomic E-state index is -1.79. The molecule has 0 bridgehead atoms. The summed E-state index contributed by atoms with van der Waals surface area (Å²) in [5.74, 6) is 2.33. The molecule has 0 aliphatic carbocycles. The molecule has 5 N–H and O–H groups in total. The summed E-state index contributed by atoms with van der Waals surface area (Å²) in [6, 6.07) is 48.1. The van der Waals surface area contributed by atoms with Gasteiger partial charge in [-0.05, 0) is 263 Å². The van der Waals surface area contributed by atoms with Crippen LogP contribution in [-0.2, 0) is 75.4 Å². The molecule has 8 aromatic carbocycles. The lowest BCUT2D eigenvalue weighted by molar-refractivity contribution is 0.422. The zero-order valence-corrected chi connectivity index (χ0v) is 91.8. The molecule has 0 saturated heterocycles. The molecule has 6 radical (unpaired) electrons. The Labute approximate surface area is 765 Å². The molecule has 10 heteroatoms. The number of aromatic hydroxyl groups is 5. The van der Waals surface area contributed by atoms with Crippen LogP contribution in [0.1, 0.15) is 345 Å². The molecule has 0 aliphatic heterocycles. The topological polar surface area (TPSA) is 101 Å². The van der Waals surface area contributed by atoms with Gasteiger partial charge in [0.1, 0.15) is 28.7 Å². The smallest absolute Gasteiger partial charge is 0.123 e. The Bertz CT molecular complexity index is 4620. The van der Waals surface area contributed by atoms with E-state index >= 15 is 0 Å². The molecule has 678 valence electrons. The number of aryl methyl sites for hydroxylation is 11. The third-order valence-corrected chi connectivity index (χ3v) is 39.8. The number of hydrogen-bond donors (Lipinski definition) is 5. The summed E-state index contributed by atoms with van der Waals surface area (Å²) in [6.45, 7) is 99.6. The van der Waals surface area contributed by atoms with Gasteiger partial charge >= 0.3 is 0 Å². The van der Waals surface area contributed by atoms with E-state index in [2.05, 4.69) is 391 Å². The quantitative estimate of drug-likeness (QED) is 0.0551. The fraction of sp³-hybridized carbons (Fsp3) is 0.575. The van der Waals surface area contributed by atoms with Gasteiger partial charge in [0.25, 0.3) is 0 Å². The minimum absolute atomic E-state index is 0.0600. The van der Waals surface area contributed by atoms with E-state index in [9.17, 15) is 25.5 Å². The lowest BCUT2D eigenvalue weighted by Crippen LogP contribution is -2.58. The van der Waals surface area contributed by atoms with E-state index in [1.807, 2.05) is 27.7 Å². The molecule has 123 heavy (non-hydrogen) atoms. The van der Waals surface area contributed by atoms with Gasteiger partial charge in [-0.15, -0.1) is 0 Å². The summed E-state index contributed by atoms with van der Waals surface area (Å²) in [5, 5.41) is 57.9. The third kappa shape index (κ3) is 30.8. The minimum Gasteiger partial charge on any atom is -0.507 e. The molecule has 0 atom stereocenters. The maximum atomic E-state index is 11.1. The van der Waals surface area contributed by atoms with Gasteiger partial charge in [-0.25, -0.2) is 0 Å². The van der Waals surface area contributed by atoms with E-state index in [0.29, 0.717) is 43.9 Å². The first-order chi connectivity index (χ1) is 55.5. The van der Waals surface area contributed by atoms with Crippen molar-refractivity contribution in [3.05, 3.63) is 232 Å². The van der Waals surface area contributed by atoms with Gasteiger partial charge in [0, 0.05) is 8.07 Å². The molecule has 5 nitrogen and oxygen atoms in total. The van der Waals surface area contributed by atoms with E-state index in [1.165, 1.54) is 94.9 Å². The number of rotatable bonds is 18. The number of hydrogen-bond acceptors (Lipinski definition) is 5. The highest BCUT2D eigenvalue weighted by Gasteiger charge is 2.58. The third-order valence-electron chi connectivity index (χ3n) is 25.3. The molecule has 0 saturated carbocycles. The normalized spacial score (nSPS) is 13.0. The molecule has 0 amide bonds. The lowest BCUT2D eigenvalue weighted by atomic mass is 9.75. The van der Waals surface area contributed by atoms with E-state index in [0.717, 1.165) is 128 Å². The monoisotopic (exact) mass is 1750 g/mol. The second-order valence-corrected chi connectivity index (χ2v) is 65.4. The van der Waals surface area contributed by atoms with Gasteiger partial charge in [-0.2, -0.15) is 0 Å². The lowest BCUT2D eigenvalue weighted by Gasteiger charge is -2.60. The summed E-state index contributed by atoms with van der Waals surface area (Å²) >= 11 is 0. The van der Waals surface area contributed by atoms with Crippen molar-refractivity contribution in [2.45, 2.75) is 424 Å². The van der Waals surface area contributed by atoms with Crippen LogP contribution >= 0.6 is 0 Å². The van der Waals surface area contributed by atoms with Crippen LogP contribution in [-0.4, -0.2) is 70.2 Å². The van der Waals surface area contributed by atoms with Crippen LogP contribution in [0.2, 0.25) is 65.0 Å². The second-order valence-electron chi connectivity index (χ2n) is 48.7. The Morgan fingerprint density at radius 2 is 0.472 bits per heavy atom. The van der Waals surface area contributed by atoms with E-state index < -0.39 is 16.1 Å². The summed E-state index contributed by atoms with van der Waals surface area (Å²) in [4.78, 5) is 0. The standard InChI is InChI=1S/C30H46OSi.C28H52OSi.C24H34OSi.C18H22OSi.C13H22OSi/c1-27(2,3)21-14-13-15-24(25(21)30(10,11)12)32-17-16-20-18-22(28(4,5)6)26(31)23(19-20)29(7,8)9;1-24(2,3)21-18-20(19-22(23(21)29)25(4,5)6)16-17-30(26(7,8)9,27(10,11)12)28(13,14)15;1-16-10-9-11-21(17(16)2)26-13-12-18-14-19(23(3,4)5)22(25)20(15-18)24(6,7)8;1-12-6-5-7-17(15(12)4)20-9-8-16-10-13(2)18(19)14(3)11-16;1-10-8-12(6-7-15(3,4)5)9-11(2)13(10)14/h13-15,18-19,31H,16-17H2,1-12H3;18-19,29H,16-17H2,1-15H3;9-11,14-15,25H,12-13H2,1-8H3;5-7,10-11,19H,8-9H2,1-4H3;8-9,14H,6-7H2,1-5H3. The maximum absolute atomic E-state index is 11.1. The SMILES string of the molecule is CC(C)(C)c1cc(CC[Si](C(C)(C)C)(C(C)(C)C)C(C)(C)C)cc(C(C)(C)C)c1O.CC(C)(C)c1cc(CC[Si]c2cccc(C(C)(C)C)c2C(C)(C)C)cc(C(C)(C)C)c1O.Cc1cc(CC[Si](C)(C)C)cc(C)c1O.Cc1cccc([Si]CCc2cc(C(C)(C)C)c(O)c(C(C)(C)C)c2)c1C.Cc1cccc([Si]CCc2cc(C)c(O)c(C)c2)c1C.